The van der Waals surface area contributed by atoms with E-state index in [1.807, 2.05) is 44.7 Å². The van der Waals surface area contributed by atoms with E-state index in [0.29, 0.717) is 6.04 Å². The summed E-state index contributed by atoms with van der Waals surface area (Å²) in [5, 5.41) is 15.6. The average molecular weight is 343 g/mol. The molecule has 0 saturated carbocycles. The van der Waals surface area contributed by atoms with Crippen LogP contribution in [-0.4, -0.2) is 45.3 Å². The number of aromatic nitrogens is 3. The van der Waals surface area contributed by atoms with Crippen molar-refractivity contribution in [2.24, 2.45) is 0 Å². The van der Waals surface area contributed by atoms with Crippen molar-refractivity contribution in [2.75, 3.05) is 18.4 Å². The van der Waals surface area contributed by atoms with Gasteiger partial charge in [-0.2, -0.15) is 5.10 Å². The van der Waals surface area contributed by atoms with Crippen LogP contribution in [0.3, 0.4) is 0 Å². The first-order valence-electron chi connectivity index (χ1n) is 8.74. The highest BCUT2D eigenvalue weighted by atomic mass is 16.5. The monoisotopic (exact) mass is 343 g/mol. The van der Waals surface area contributed by atoms with Crippen LogP contribution in [0, 0.1) is 20.8 Å². The lowest BCUT2D eigenvalue weighted by Crippen LogP contribution is -2.44. The fraction of sp³-hybridized carbons (Fsp3) is 0.556. The molecule has 1 aliphatic rings. The lowest BCUT2D eigenvalue weighted by molar-refractivity contribution is -0.133. The predicted octanol–water partition coefficient (Wildman–Crippen LogP) is 2.60. The normalized spacial score (nSPS) is 16.7. The van der Waals surface area contributed by atoms with Crippen molar-refractivity contribution in [2.45, 2.75) is 52.5 Å². The van der Waals surface area contributed by atoms with Crippen LogP contribution in [0.5, 0.6) is 0 Å². The highest BCUT2D eigenvalue weighted by Crippen LogP contribution is 2.26. The Morgan fingerprint density at radius 2 is 1.96 bits per heavy atom. The van der Waals surface area contributed by atoms with Gasteiger partial charge in [0.2, 0.25) is 5.91 Å². The zero-order valence-corrected chi connectivity index (χ0v) is 15.2. The molecule has 0 aliphatic carbocycles. The van der Waals surface area contributed by atoms with Gasteiger partial charge in [-0.1, -0.05) is 5.16 Å². The van der Waals surface area contributed by atoms with Gasteiger partial charge in [0.1, 0.15) is 11.6 Å². The molecule has 25 heavy (non-hydrogen) atoms. The summed E-state index contributed by atoms with van der Waals surface area (Å²) in [5.74, 6) is 1.44. The fourth-order valence-electron chi connectivity index (χ4n) is 3.43. The molecule has 134 valence electrons. The Hall–Kier alpha value is -2.44. The molecule has 3 heterocycles. The van der Waals surface area contributed by atoms with E-state index in [-0.39, 0.29) is 11.8 Å². The van der Waals surface area contributed by atoms with Crippen LogP contribution < -0.4 is 5.32 Å². The number of carbonyl (C=O) groups excluding carboxylic acids is 1. The molecule has 3 rings (SSSR count). The number of rotatable bonds is 4. The van der Waals surface area contributed by atoms with Crippen molar-refractivity contribution in [1.29, 1.82) is 0 Å². The SMILES string of the molecule is Cc1ccc(NC2CCN(C(=O)[C@@H](C)c3c(C)noc3C)CC2)nn1. The Morgan fingerprint density at radius 1 is 1.24 bits per heavy atom. The molecule has 0 aromatic carbocycles. The minimum atomic E-state index is -0.223. The molecule has 2 aromatic rings. The molecule has 1 N–H and O–H groups in total. The van der Waals surface area contributed by atoms with Crippen molar-refractivity contribution < 1.29 is 9.32 Å². The molecule has 1 amide bonds. The van der Waals surface area contributed by atoms with Crippen LogP contribution in [0.15, 0.2) is 16.7 Å². The van der Waals surface area contributed by atoms with E-state index in [9.17, 15) is 4.79 Å². The summed E-state index contributed by atoms with van der Waals surface area (Å²) in [4.78, 5) is 14.8. The number of anilines is 1. The molecule has 0 unspecified atom stereocenters. The van der Waals surface area contributed by atoms with Crippen molar-refractivity contribution >= 4 is 11.7 Å². The predicted molar refractivity (Wildman–Crippen MR) is 94.4 cm³/mol. The molecule has 7 heteroatoms. The molecule has 7 nitrogen and oxygen atoms in total. The number of carbonyl (C=O) groups is 1. The van der Waals surface area contributed by atoms with Crippen molar-refractivity contribution in [3.63, 3.8) is 0 Å². The third kappa shape index (κ3) is 3.81. The summed E-state index contributed by atoms with van der Waals surface area (Å²) < 4.78 is 5.20. The summed E-state index contributed by atoms with van der Waals surface area (Å²) in [7, 11) is 0. The minimum absolute atomic E-state index is 0.142. The highest BCUT2D eigenvalue weighted by molar-refractivity contribution is 5.84. The third-order valence-electron chi connectivity index (χ3n) is 4.85. The Kier molecular flexibility index (Phi) is 5.01. The lowest BCUT2D eigenvalue weighted by Gasteiger charge is -2.34. The van der Waals surface area contributed by atoms with Gasteiger partial charge in [0, 0.05) is 24.7 Å². The number of hydrogen-bond donors (Lipinski definition) is 1. The van der Waals surface area contributed by atoms with Gasteiger partial charge in [-0.05, 0) is 52.7 Å². The van der Waals surface area contributed by atoms with Gasteiger partial charge in [0.05, 0.1) is 17.3 Å². The van der Waals surface area contributed by atoms with Crippen molar-refractivity contribution in [1.82, 2.24) is 20.3 Å². The number of amides is 1. The van der Waals surface area contributed by atoms with Gasteiger partial charge in [0.15, 0.2) is 0 Å². The fourth-order valence-corrected chi connectivity index (χ4v) is 3.43. The van der Waals surface area contributed by atoms with Crippen LogP contribution in [0.2, 0.25) is 0 Å². The van der Waals surface area contributed by atoms with Crippen LogP contribution in [0.4, 0.5) is 5.82 Å². The highest BCUT2D eigenvalue weighted by Gasteiger charge is 2.29. The summed E-state index contributed by atoms with van der Waals surface area (Å²) in [6, 6.07) is 4.20. The van der Waals surface area contributed by atoms with E-state index in [4.69, 9.17) is 4.52 Å². The second-order valence-electron chi connectivity index (χ2n) is 6.76. The molecule has 0 radical (unpaired) electrons. The van der Waals surface area contributed by atoms with E-state index in [2.05, 4.69) is 20.7 Å². The number of aryl methyl sites for hydroxylation is 3. The van der Waals surface area contributed by atoms with Gasteiger partial charge in [-0.15, -0.1) is 5.10 Å². The van der Waals surface area contributed by atoms with Crippen molar-refractivity contribution in [3.05, 3.63) is 34.8 Å². The minimum Gasteiger partial charge on any atom is -0.366 e. The van der Waals surface area contributed by atoms with Crippen LogP contribution in [0.25, 0.3) is 0 Å². The number of piperidine rings is 1. The number of nitrogens with one attached hydrogen (secondary N) is 1. The molecule has 1 atom stereocenters. The smallest absolute Gasteiger partial charge is 0.230 e. The summed E-state index contributed by atoms with van der Waals surface area (Å²) >= 11 is 0. The zero-order valence-electron chi connectivity index (χ0n) is 15.2. The van der Waals surface area contributed by atoms with Gasteiger partial charge >= 0.3 is 0 Å². The molecule has 1 saturated heterocycles. The first-order chi connectivity index (χ1) is 12.0. The maximum Gasteiger partial charge on any atom is 0.230 e. The molecular formula is C18H25N5O2. The Bertz CT molecular complexity index is 713. The zero-order chi connectivity index (χ0) is 18.0. The maximum absolute atomic E-state index is 12.8. The van der Waals surface area contributed by atoms with Crippen LogP contribution in [-0.2, 0) is 4.79 Å². The van der Waals surface area contributed by atoms with Crippen molar-refractivity contribution in [3.8, 4) is 0 Å². The van der Waals surface area contributed by atoms with Crippen LogP contribution >= 0.6 is 0 Å². The average Bonchev–Trinajstić information content (AvgIpc) is 2.95. The number of nitrogens with zero attached hydrogens (tertiary/aromatic N) is 4. The van der Waals surface area contributed by atoms with Gasteiger partial charge in [-0.3, -0.25) is 4.79 Å². The van der Waals surface area contributed by atoms with E-state index < -0.39 is 0 Å². The molecular weight excluding hydrogens is 318 g/mol. The molecule has 2 aromatic heterocycles. The number of likely N-dealkylation sites (tertiary alicyclic amines) is 1. The molecule has 1 fully saturated rings. The lowest BCUT2D eigenvalue weighted by atomic mass is 9.96. The first-order valence-corrected chi connectivity index (χ1v) is 8.74. The Balaban J connectivity index is 1.56. The maximum atomic E-state index is 12.8. The number of hydrogen-bond acceptors (Lipinski definition) is 6. The van der Waals surface area contributed by atoms with Crippen LogP contribution in [0.1, 0.15) is 48.4 Å². The summed E-state index contributed by atoms with van der Waals surface area (Å²) in [6.07, 6.45) is 1.80. The van der Waals surface area contributed by atoms with E-state index in [1.54, 1.807) is 0 Å². The standard InChI is InChI=1S/C18H25N5O2/c1-11-5-6-16(21-20-11)19-15-7-9-23(10-8-15)18(24)12(2)17-13(3)22-25-14(17)4/h5-6,12,15H,7-10H2,1-4H3,(H,19,21)/t12-/m0/s1. The van der Waals surface area contributed by atoms with Gasteiger partial charge in [-0.25, -0.2) is 0 Å². The molecule has 1 aliphatic heterocycles. The molecule has 0 spiro atoms. The van der Waals surface area contributed by atoms with Gasteiger partial charge < -0.3 is 14.7 Å². The van der Waals surface area contributed by atoms with Gasteiger partial charge in [0.25, 0.3) is 0 Å². The topological polar surface area (TPSA) is 84.2 Å². The quantitative estimate of drug-likeness (QED) is 0.918. The van der Waals surface area contributed by atoms with E-state index in [1.165, 1.54) is 0 Å². The molecule has 0 bridgehead atoms. The Labute approximate surface area is 147 Å². The van der Waals surface area contributed by atoms with E-state index in [0.717, 1.165) is 54.5 Å². The summed E-state index contributed by atoms with van der Waals surface area (Å²) in [5.41, 5.74) is 2.62. The Morgan fingerprint density at radius 3 is 2.52 bits per heavy atom. The second-order valence-corrected chi connectivity index (χ2v) is 6.76. The first kappa shape index (κ1) is 17.4. The summed E-state index contributed by atoms with van der Waals surface area (Å²) in [6.45, 7) is 9.07. The van der Waals surface area contributed by atoms with E-state index >= 15 is 0 Å². The second kappa shape index (κ2) is 7.21. The largest absolute Gasteiger partial charge is 0.366 e. The third-order valence-corrected chi connectivity index (χ3v) is 4.85.